The molecule has 0 unspecified atom stereocenters. The second-order valence-corrected chi connectivity index (χ2v) is 8.26. The number of ether oxygens (including phenoxy) is 1. The zero-order chi connectivity index (χ0) is 22.8. The number of pyridine rings is 1. The largest absolute Gasteiger partial charge is 0.379 e. The molecule has 170 valence electrons. The number of aromatic nitrogens is 1. The van der Waals surface area contributed by atoms with Crippen LogP contribution in [0.5, 0.6) is 0 Å². The van der Waals surface area contributed by atoms with Crippen LogP contribution in [-0.4, -0.2) is 71.7 Å². The molecule has 9 nitrogen and oxygen atoms in total. The molecule has 0 bridgehead atoms. The highest BCUT2D eigenvalue weighted by atomic mass is 16.5. The Morgan fingerprint density at radius 1 is 1.18 bits per heavy atom. The van der Waals surface area contributed by atoms with Gasteiger partial charge < -0.3 is 20.3 Å². The molecule has 3 aliphatic heterocycles. The molecule has 0 radical (unpaired) electrons. The number of anilines is 2. The fraction of sp³-hybridized carbons (Fsp3) is 0.333. The van der Waals surface area contributed by atoms with Gasteiger partial charge >= 0.3 is 0 Å². The highest BCUT2D eigenvalue weighted by Crippen LogP contribution is 2.31. The minimum atomic E-state index is -0.206. The van der Waals surface area contributed by atoms with Gasteiger partial charge in [0.25, 0.3) is 0 Å². The summed E-state index contributed by atoms with van der Waals surface area (Å²) in [5.41, 5.74) is 3.65. The van der Waals surface area contributed by atoms with E-state index in [4.69, 9.17) is 4.74 Å². The van der Waals surface area contributed by atoms with Crippen LogP contribution in [0.1, 0.15) is 28.4 Å². The van der Waals surface area contributed by atoms with Gasteiger partial charge in [0.1, 0.15) is 17.5 Å². The van der Waals surface area contributed by atoms with E-state index in [2.05, 4.69) is 43.7 Å². The second-order valence-electron chi connectivity index (χ2n) is 8.26. The van der Waals surface area contributed by atoms with E-state index in [1.54, 1.807) is 18.2 Å². The van der Waals surface area contributed by atoms with Crippen LogP contribution in [0.15, 0.2) is 53.4 Å². The number of fused-ring (bicyclic) bond motifs is 3. The first-order chi connectivity index (χ1) is 16.1. The van der Waals surface area contributed by atoms with Crippen LogP contribution in [0, 0.1) is 0 Å². The molecule has 1 amide bonds. The Hall–Kier alpha value is -3.56. The van der Waals surface area contributed by atoms with Crippen molar-refractivity contribution >= 4 is 29.0 Å². The predicted molar refractivity (Wildman–Crippen MR) is 125 cm³/mol. The van der Waals surface area contributed by atoms with Gasteiger partial charge in [-0.25, -0.2) is 4.98 Å². The Bertz CT molecular complexity index is 1140. The van der Waals surface area contributed by atoms with Gasteiger partial charge in [0.05, 0.1) is 25.4 Å². The number of ketones is 1. The number of allylic oxidation sites excluding steroid dienone is 1. The first-order valence-corrected chi connectivity index (χ1v) is 11.1. The van der Waals surface area contributed by atoms with Crippen molar-refractivity contribution in [3.05, 3.63) is 65.1 Å². The molecule has 0 atom stereocenters. The zero-order valence-electron chi connectivity index (χ0n) is 18.5. The van der Waals surface area contributed by atoms with Gasteiger partial charge in [0, 0.05) is 56.5 Å². The van der Waals surface area contributed by atoms with Crippen LogP contribution in [0.25, 0.3) is 0 Å². The Morgan fingerprint density at radius 2 is 2.03 bits per heavy atom. The number of nitrogens with zero attached hydrogens (tertiary/aromatic N) is 4. The maximum Gasteiger partial charge on any atom is 0.222 e. The fourth-order valence-corrected chi connectivity index (χ4v) is 4.24. The number of hydrogen-bond donors (Lipinski definition) is 2. The molecule has 1 aromatic carbocycles. The Labute approximate surface area is 192 Å². The fourth-order valence-electron chi connectivity index (χ4n) is 4.24. The number of benzene rings is 1. The molecule has 2 N–H and O–H groups in total. The monoisotopic (exact) mass is 446 g/mol. The normalized spacial score (nSPS) is 18.9. The topological polar surface area (TPSA) is 99.2 Å². The van der Waals surface area contributed by atoms with Crippen molar-refractivity contribution in [3.8, 4) is 0 Å². The molecule has 0 aliphatic carbocycles. The number of amides is 1. The number of carbonyl (C=O) groups is 2. The van der Waals surface area contributed by atoms with Gasteiger partial charge in [0.2, 0.25) is 5.91 Å². The highest BCUT2D eigenvalue weighted by Gasteiger charge is 2.30. The van der Waals surface area contributed by atoms with Crippen molar-refractivity contribution in [1.82, 2.24) is 14.8 Å². The lowest BCUT2D eigenvalue weighted by molar-refractivity contribution is -0.114. The van der Waals surface area contributed by atoms with Gasteiger partial charge in [-0.05, 0) is 29.8 Å². The predicted octanol–water partition coefficient (Wildman–Crippen LogP) is 2.08. The molecule has 3 aliphatic rings. The molecular weight excluding hydrogens is 420 g/mol. The van der Waals surface area contributed by atoms with Gasteiger partial charge in [-0.3, -0.25) is 19.5 Å². The lowest BCUT2D eigenvalue weighted by atomic mass is 10.0. The van der Waals surface area contributed by atoms with Crippen molar-refractivity contribution in [2.24, 2.45) is 4.99 Å². The minimum absolute atomic E-state index is 0.168. The van der Waals surface area contributed by atoms with E-state index in [9.17, 15) is 9.59 Å². The summed E-state index contributed by atoms with van der Waals surface area (Å²) in [5.74, 6) is 1.64. The number of rotatable bonds is 5. The van der Waals surface area contributed by atoms with Gasteiger partial charge in [0.15, 0.2) is 5.78 Å². The molecule has 9 heteroatoms. The SMILES string of the molecule is CC(=O)Nc1ccc(C(=O)/C=C2\Nc3cc(CN4CCOCC4)ccc3C3=NCCN32)cn1. The number of aliphatic imine (C=N–C) groups is 1. The first kappa shape index (κ1) is 21.3. The highest BCUT2D eigenvalue weighted by molar-refractivity contribution is 6.10. The van der Waals surface area contributed by atoms with E-state index >= 15 is 0 Å². The zero-order valence-corrected chi connectivity index (χ0v) is 18.5. The molecule has 1 fully saturated rings. The number of nitrogens with one attached hydrogen (secondary N) is 2. The Kier molecular flexibility index (Phi) is 5.89. The van der Waals surface area contributed by atoms with E-state index in [0.29, 0.717) is 23.7 Å². The van der Waals surface area contributed by atoms with Crippen molar-refractivity contribution in [2.75, 3.05) is 50.0 Å². The summed E-state index contributed by atoms with van der Waals surface area (Å²) in [6.45, 7) is 7.08. The number of morpholine rings is 1. The lowest BCUT2D eigenvalue weighted by Crippen LogP contribution is -2.37. The van der Waals surface area contributed by atoms with Crippen molar-refractivity contribution in [3.63, 3.8) is 0 Å². The van der Waals surface area contributed by atoms with E-state index in [1.165, 1.54) is 18.7 Å². The average molecular weight is 447 g/mol. The molecule has 33 heavy (non-hydrogen) atoms. The van der Waals surface area contributed by atoms with Crippen LogP contribution >= 0.6 is 0 Å². The van der Waals surface area contributed by atoms with Crippen LogP contribution in [0.2, 0.25) is 0 Å². The average Bonchev–Trinajstić information content (AvgIpc) is 3.30. The first-order valence-electron chi connectivity index (χ1n) is 11.1. The summed E-state index contributed by atoms with van der Waals surface area (Å²) in [7, 11) is 0. The van der Waals surface area contributed by atoms with Crippen molar-refractivity contribution in [2.45, 2.75) is 13.5 Å². The maximum absolute atomic E-state index is 12.9. The third kappa shape index (κ3) is 4.64. The molecule has 5 rings (SSSR count). The third-order valence-corrected chi connectivity index (χ3v) is 5.85. The van der Waals surface area contributed by atoms with Crippen LogP contribution in [-0.2, 0) is 16.1 Å². The quantitative estimate of drug-likeness (QED) is 0.536. The van der Waals surface area contributed by atoms with Crippen LogP contribution < -0.4 is 10.6 Å². The van der Waals surface area contributed by atoms with E-state index in [1.807, 2.05) is 4.90 Å². The summed E-state index contributed by atoms with van der Waals surface area (Å²) in [4.78, 5) is 37.4. The second kappa shape index (κ2) is 9.13. The molecule has 0 spiro atoms. The van der Waals surface area contributed by atoms with Crippen molar-refractivity contribution < 1.29 is 14.3 Å². The standard InChI is InChI=1S/C24H26N6O3/c1-16(31)27-22-5-3-18(14-26-22)21(32)13-23-28-20-12-17(15-29-8-10-33-11-9-29)2-4-19(20)24-25-6-7-30(23)24/h2-5,12-14,28H,6-11,15H2,1H3,(H,26,27,31)/b23-13+. The third-order valence-electron chi connectivity index (χ3n) is 5.85. The molecule has 1 saturated heterocycles. The number of amidine groups is 1. The van der Waals surface area contributed by atoms with Crippen molar-refractivity contribution in [1.29, 1.82) is 0 Å². The van der Waals surface area contributed by atoms with E-state index < -0.39 is 0 Å². The molecule has 0 saturated carbocycles. The van der Waals surface area contributed by atoms with Gasteiger partial charge in [-0.2, -0.15) is 0 Å². The summed E-state index contributed by atoms with van der Waals surface area (Å²) in [6.07, 6.45) is 3.06. The molecular formula is C24H26N6O3. The molecule has 4 heterocycles. The summed E-state index contributed by atoms with van der Waals surface area (Å²) in [6, 6.07) is 9.69. The maximum atomic E-state index is 12.9. The Balaban J connectivity index is 1.38. The number of carbonyl (C=O) groups excluding carboxylic acids is 2. The van der Waals surface area contributed by atoms with Gasteiger partial charge in [-0.15, -0.1) is 0 Å². The van der Waals surface area contributed by atoms with E-state index in [0.717, 1.165) is 56.5 Å². The van der Waals surface area contributed by atoms with Crippen LogP contribution in [0.3, 0.4) is 0 Å². The minimum Gasteiger partial charge on any atom is -0.379 e. The number of hydrogen-bond acceptors (Lipinski definition) is 8. The Morgan fingerprint density at radius 3 is 2.79 bits per heavy atom. The summed E-state index contributed by atoms with van der Waals surface area (Å²) < 4.78 is 5.45. The molecule has 2 aromatic rings. The molecule has 1 aromatic heterocycles. The smallest absolute Gasteiger partial charge is 0.222 e. The van der Waals surface area contributed by atoms with E-state index in [-0.39, 0.29) is 11.7 Å². The van der Waals surface area contributed by atoms with Crippen LogP contribution in [0.4, 0.5) is 11.5 Å². The lowest BCUT2D eigenvalue weighted by Gasteiger charge is -2.32. The van der Waals surface area contributed by atoms with Gasteiger partial charge in [-0.1, -0.05) is 6.07 Å². The summed E-state index contributed by atoms with van der Waals surface area (Å²) in [5, 5.41) is 6.05. The summed E-state index contributed by atoms with van der Waals surface area (Å²) >= 11 is 0.